The third kappa shape index (κ3) is 2.02. The maximum absolute atomic E-state index is 5.62. The van der Waals surface area contributed by atoms with Gasteiger partial charge in [0, 0.05) is 6.21 Å². The van der Waals surface area contributed by atoms with Crippen LogP contribution < -0.4 is 4.74 Å². The molecule has 0 aromatic heterocycles. The maximum Gasteiger partial charge on any atom is 0.119 e. The molecule has 15 heavy (non-hydrogen) atoms. The van der Waals surface area contributed by atoms with Gasteiger partial charge in [-0.2, -0.15) is 0 Å². The second-order valence-electron chi connectivity index (χ2n) is 3.91. The van der Waals surface area contributed by atoms with Crippen molar-refractivity contribution in [3.8, 4) is 5.75 Å². The molecule has 1 saturated heterocycles. The highest BCUT2D eigenvalue weighted by Crippen LogP contribution is 2.28. The van der Waals surface area contributed by atoms with E-state index in [1.165, 1.54) is 5.56 Å². The van der Waals surface area contributed by atoms with E-state index in [0.29, 0.717) is 12.7 Å². The van der Waals surface area contributed by atoms with Crippen LogP contribution in [0.25, 0.3) is 0 Å². The SMILES string of the molecule is C1=Nc2ccc(OCC3CO3)cc2CC1. The lowest BCUT2D eigenvalue weighted by Crippen LogP contribution is -2.04. The number of epoxide rings is 1. The second kappa shape index (κ2) is 3.66. The fourth-order valence-corrected chi connectivity index (χ4v) is 1.71. The van der Waals surface area contributed by atoms with Crippen LogP contribution >= 0.6 is 0 Å². The number of rotatable bonds is 3. The van der Waals surface area contributed by atoms with Crippen molar-refractivity contribution < 1.29 is 9.47 Å². The molecule has 3 rings (SSSR count). The van der Waals surface area contributed by atoms with Gasteiger partial charge in [-0.3, -0.25) is 4.99 Å². The molecule has 1 unspecified atom stereocenters. The zero-order chi connectivity index (χ0) is 10.1. The summed E-state index contributed by atoms with van der Waals surface area (Å²) in [5.41, 5.74) is 2.36. The van der Waals surface area contributed by atoms with Gasteiger partial charge in [0.05, 0.1) is 12.3 Å². The molecule has 0 N–H and O–H groups in total. The lowest BCUT2D eigenvalue weighted by molar-refractivity contribution is 0.263. The molecule has 0 amide bonds. The molecule has 0 radical (unpaired) electrons. The fraction of sp³-hybridized carbons (Fsp3) is 0.417. The van der Waals surface area contributed by atoms with Crippen LogP contribution in [0.4, 0.5) is 5.69 Å². The molecule has 3 nitrogen and oxygen atoms in total. The average Bonchev–Trinajstić information content (AvgIpc) is 3.10. The van der Waals surface area contributed by atoms with E-state index < -0.39 is 0 Å². The molecule has 2 heterocycles. The van der Waals surface area contributed by atoms with Crippen molar-refractivity contribution in [1.82, 2.24) is 0 Å². The van der Waals surface area contributed by atoms with Gasteiger partial charge in [-0.15, -0.1) is 0 Å². The second-order valence-corrected chi connectivity index (χ2v) is 3.91. The maximum atomic E-state index is 5.62. The summed E-state index contributed by atoms with van der Waals surface area (Å²) in [7, 11) is 0. The Morgan fingerprint density at radius 3 is 3.27 bits per heavy atom. The zero-order valence-corrected chi connectivity index (χ0v) is 8.48. The number of fused-ring (bicyclic) bond motifs is 1. The van der Waals surface area contributed by atoms with Crippen LogP contribution in [0.3, 0.4) is 0 Å². The third-order valence-corrected chi connectivity index (χ3v) is 2.66. The molecule has 2 aliphatic rings. The number of aryl methyl sites for hydroxylation is 1. The molecule has 0 spiro atoms. The Labute approximate surface area is 88.7 Å². The zero-order valence-electron chi connectivity index (χ0n) is 8.48. The van der Waals surface area contributed by atoms with E-state index in [9.17, 15) is 0 Å². The summed E-state index contributed by atoms with van der Waals surface area (Å²) in [4.78, 5) is 4.34. The van der Waals surface area contributed by atoms with Crippen LogP contribution in [0, 0.1) is 0 Å². The van der Waals surface area contributed by atoms with E-state index in [0.717, 1.165) is 30.9 Å². The number of benzene rings is 1. The van der Waals surface area contributed by atoms with Gasteiger partial charge in [-0.1, -0.05) is 0 Å². The predicted molar refractivity (Wildman–Crippen MR) is 58.2 cm³/mol. The minimum Gasteiger partial charge on any atom is -0.491 e. The Balaban J connectivity index is 1.75. The monoisotopic (exact) mass is 203 g/mol. The molecule has 0 bridgehead atoms. The number of ether oxygens (including phenoxy) is 2. The van der Waals surface area contributed by atoms with Crippen LogP contribution in [-0.2, 0) is 11.2 Å². The summed E-state index contributed by atoms with van der Waals surface area (Å²) in [5, 5.41) is 0. The highest BCUT2D eigenvalue weighted by molar-refractivity contribution is 5.69. The van der Waals surface area contributed by atoms with E-state index >= 15 is 0 Å². The van der Waals surface area contributed by atoms with Crippen molar-refractivity contribution in [3.05, 3.63) is 23.8 Å². The highest BCUT2D eigenvalue weighted by Gasteiger charge is 2.23. The first-order valence-corrected chi connectivity index (χ1v) is 5.32. The van der Waals surface area contributed by atoms with Crippen molar-refractivity contribution in [3.63, 3.8) is 0 Å². The van der Waals surface area contributed by atoms with Crippen LogP contribution in [-0.4, -0.2) is 25.5 Å². The van der Waals surface area contributed by atoms with Crippen LogP contribution in [0.15, 0.2) is 23.2 Å². The van der Waals surface area contributed by atoms with Gasteiger partial charge < -0.3 is 9.47 Å². The first kappa shape index (κ1) is 8.92. The third-order valence-electron chi connectivity index (χ3n) is 2.66. The van der Waals surface area contributed by atoms with Crippen molar-refractivity contribution in [1.29, 1.82) is 0 Å². The molecule has 1 atom stereocenters. The van der Waals surface area contributed by atoms with E-state index in [2.05, 4.69) is 11.1 Å². The number of hydrogen-bond donors (Lipinski definition) is 0. The lowest BCUT2D eigenvalue weighted by Gasteiger charge is -2.11. The summed E-state index contributed by atoms with van der Waals surface area (Å²) in [6.07, 6.45) is 4.39. The first-order chi connectivity index (χ1) is 7.42. The van der Waals surface area contributed by atoms with Crippen LogP contribution in [0.5, 0.6) is 5.75 Å². The minimum atomic E-state index is 0.319. The van der Waals surface area contributed by atoms with Crippen molar-refractivity contribution in [2.75, 3.05) is 13.2 Å². The van der Waals surface area contributed by atoms with Crippen molar-refractivity contribution in [2.24, 2.45) is 4.99 Å². The van der Waals surface area contributed by atoms with Crippen LogP contribution in [0.2, 0.25) is 0 Å². The molecule has 1 fully saturated rings. The van der Waals surface area contributed by atoms with Crippen molar-refractivity contribution >= 4 is 11.9 Å². The largest absolute Gasteiger partial charge is 0.491 e. The highest BCUT2D eigenvalue weighted by atomic mass is 16.6. The van der Waals surface area contributed by atoms with Gasteiger partial charge in [0.25, 0.3) is 0 Å². The number of nitrogens with zero attached hydrogens (tertiary/aromatic N) is 1. The van der Waals surface area contributed by atoms with Crippen molar-refractivity contribution in [2.45, 2.75) is 18.9 Å². The number of aliphatic imine (C=N–C) groups is 1. The Kier molecular flexibility index (Phi) is 2.18. The minimum absolute atomic E-state index is 0.319. The standard InChI is InChI=1S/C12H13NO2/c1-2-9-6-10(14-7-11-8-15-11)3-4-12(9)13-5-1/h3-6,11H,1-2,7-8H2. The summed E-state index contributed by atoms with van der Waals surface area (Å²) in [5.74, 6) is 0.932. The normalized spacial score (nSPS) is 22.3. The summed E-state index contributed by atoms with van der Waals surface area (Å²) < 4.78 is 10.7. The van der Waals surface area contributed by atoms with Crippen LogP contribution in [0.1, 0.15) is 12.0 Å². The predicted octanol–water partition coefficient (Wildman–Crippen LogP) is 2.11. The fourth-order valence-electron chi connectivity index (χ4n) is 1.71. The van der Waals surface area contributed by atoms with Gasteiger partial charge in [0.15, 0.2) is 0 Å². The lowest BCUT2D eigenvalue weighted by atomic mass is 10.1. The Morgan fingerprint density at radius 2 is 2.40 bits per heavy atom. The Hall–Kier alpha value is -1.35. The van der Waals surface area contributed by atoms with E-state index in [-0.39, 0.29) is 0 Å². The molecular weight excluding hydrogens is 190 g/mol. The first-order valence-electron chi connectivity index (χ1n) is 5.32. The van der Waals surface area contributed by atoms with Gasteiger partial charge >= 0.3 is 0 Å². The summed E-state index contributed by atoms with van der Waals surface area (Å²) in [6.45, 7) is 1.51. The van der Waals surface area contributed by atoms with Gasteiger partial charge in [-0.25, -0.2) is 0 Å². The Bertz CT molecular complexity index is 397. The molecule has 2 aliphatic heterocycles. The van der Waals surface area contributed by atoms with Gasteiger partial charge in [0.2, 0.25) is 0 Å². The van der Waals surface area contributed by atoms with E-state index in [1.54, 1.807) is 0 Å². The molecule has 3 heteroatoms. The average molecular weight is 203 g/mol. The van der Waals surface area contributed by atoms with Gasteiger partial charge in [0.1, 0.15) is 18.5 Å². The smallest absolute Gasteiger partial charge is 0.119 e. The quantitative estimate of drug-likeness (QED) is 0.705. The Morgan fingerprint density at radius 1 is 1.47 bits per heavy atom. The molecule has 1 aromatic carbocycles. The molecular formula is C12H13NO2. The summed E-state index contributed by atoms with van der Waals surface area (Å²) in [6, 6.07) is 6.09. The van der Waals surface area contributed by atoms with E-state index in [4.69, 9.17) is 9.47 Å². The summed E-state index contributed by atoms with van der Waals surface area (Å²) >= 11 is 0. The molecule has 78 valence electrons. The topological polar surface area (TPSA) is 34.1 Å². The van der Waals surface area contributed by atoms with Gasteiger partial charge in [-0.05, 0) is 36.6 Å². The molecule has 0 aliphatic carbocycles. The van der Waals surface area contributed by atoms with E-state index in [1.807, 2.05) is 18.3 Å². The number of hydrogen-bond acceptors (Lipinski definition) is 3. The molecule has 1 aromatic rings. The molecule has 0 saturated carbocycles.